The van der Waals surface area contributed by atoms with Gasteiger partial charge < -0.3 is 42.7 Å². The largest absolute Gasteiger partial charge is 0.480 e. The number of guanidine groups is 2. The zero-order valence-corrected chi connectivity index (χ0v) is 25.0. The lowest BCUT2D eigenvalue weighted by molar-refractivity contribution is -0.149. The molecule has 0 unspecified atom stereocenters. The molecule has 5 fully saturated rings. The maximum absolute atomic E-state index is 13.7. The zero-order chi connectivity index (χ0) is 31.1. The molecule has 11 N–H and O–H groups in total. The molecule has 1 saturated heterocycles. The highest BCUT2D eigenvalue weighted by atomic mass is 16.4. The van der Waals surface area contributed by atoms with E-state index < -0.39 is 35.9 Å². The third-order valence-corrected chi connectivity index (χ3v) is 9.76. The van der Waals surface area contributed by atoms with Gasteiger partial charge in [-0.15, -0.1) is 0 Å². The lowest BCUT2D eigenvalue weighted by atomic mass is 9.49. The summed E-state index contributed by atoms with van der Waals surface area (Å²) in [6.07, 6.45) is 9.62. The summed E-state index contributed by atoms with van der Waals surface area (Å²) in [7, 11) is 0. The average molecular weight is 604 g/mol. The van der Waals surface area contributed by atoms with E-state index in [1.165, 1.54) is 24.2 Å². The van der Waals surface area contributed by atoms with E-state index >= 15 is 0 Å². The summed E-state index contributed by atoms with van der Waals surface area (Å²) in [4.78, 5) is 53.8. The number of nitrogens with two attached hydrogens (primary N) is 2. The molecule has 0 spiro atoms. The van der Waals surface area contributed by atoms with Gasteiger partial charge in [-0.1, -0.05) is 0 Å². The Hall–Kier alpha value is -3.58. The Morgan fingerprint density at radius 1 is 0.860 bits per heavy atom. The molecule has 5 aliphatic rings. The Labute approximate surface area is 252 Å². The van der Waals surface area contributed by atoms with Gasteiger partial charge in [0.25, 0.3) is 0 Å². The Balaban J connectivity index is 1.43. The zero-order valence-electron chi connectivity index (χ0n) is 25.0. The third kappa shape index (κ3) is 8.73. The lowest BCUT2D eigenvalue weighted by Gasteiger charge is -2.56. The molecule has 3 atom stereocenters. The normalized spacial score (nSPS) is 28.5. The predicted molar refractivity (Wildman–Crippen MR) is 160 cm³/mol. The highest BCUT2D eigenvalue weighted by Gasteiger charge is 2.51. The van der Waals surface area contributed by atoms with Crippen LogP contribution in [0.5, 0.6) is 0 Å². The molecule has 14 nitrogen and oxygen atoms in total. The minimum absolute atomic E-state index is 0.000143. The van der Waals surface area contributed by atoms with Crippen molar-refractivity contribution in [1.29, 1.82) is 10.8 Å². The van der Waals surface area contributed by atoms with Crippen LogP contribution in [-0.2, 0) is 19.2 Å². The van der Waals surface area contributed by atoms with Crippen molar-refractivity contribution in [2.75, 3.05) is 19.6 Å². The fraction of sp³-hybridized carbons (Fsp3) is 0.793. The number of carbonyl (C=O) groups is 4. The number of nitrogens with one attached hydrogen (secondary N) is 6. The number of hydrogen-bond donors (Lipinski definition) is 9. The van der Waals surface area contributed by atoms with Gasteiger partial charge in [-0.05, 0) is 100 Å². The molecule has 1 aliphatic heterocycles. The van der Waals surface area contributed by atoms with Crippen LogP contribution in [0.25, 0.3) is 0 Å². The number of aliphatic carboxylic acids is 1. The van der Waals surface area contributed by atoms with Gasteiger partial charge in [0.2, 0.25) is 17.7 Å². The molecule has 14 heteroatoms. The van der Waals surface area contributed by atoms with Crippen LogP contribution in [0.4, 0.5) is 0 Å². The molecule has 4 bridgehead atoms. The second-order valence-corrected chi connectivity index (χ2v) is 13.3. The molecule has 0 aromatic heterocycles. The summed E-state index contributed by atoms with van der Waals surface area (Å²) in [6.45, 7) is 0.937. The Kier molecular flexibility index (Phi) is 10.7. The average Bonchev–Trinajstić information content (AvgIpc) is 3.41. The Bertz CT molecular complexity index is 1050. The molecule has 1 heterocycles. The van der Waals surface area contributed by atoms with Crippen LogP contribution in [0, 0.1) is 34.0 Å². The molecule has 0 radical (unpaired) electrons. The van der Waals surface area contributed by atoms with E-state index in [4.69, 9.17) is 22.3 Å². The van der Waals surface area contributed by atoms with Crippen LogP contribution in [0.2, 0.25) is 0 Å². The first-order chi connectivity index (χ1) is 20.4. The standard InChI is InChI=1S/C29H49N9O5/c30-27(31)34-7-1-4-20(36-23(39)16-29-13-17-10-18(14-29)12-19(11-17)15-29)24(40)37-21(5-2-8-35-28(32)33)25(41)38-9-3-6-22(38)26(42)43/h17-22H,1-16H2,(H,36,39)(H,37,40)(H,42,43)(H4,30,31,34)(H4,32,33,35)/t17?,18?,19?,20-,21-,22-,29?/m0/s1. The Morgan fingerprint density at radius 3 is 1.91 bits per heavy atom. The van der Waals surface area contributed by atoms with E-state index in [1.54, 1.807) is 0 Å². The first-order valence-electron chi connectivity index (χ1n) is 15.7. The van der Waals surface area contributed by atoms with Gasteiger partial charge in [0, 0.05) is 26.1 Å². The molecule has 43 heavy (non-hydrogen) atoms. The molecule has 4 aliphatic carbocycles. The summed E-state index contributed by atoms with van der Waals surface area (Å²) in [6, 6.07) is -2.86. The third-order valence-electron chi connectivity index (χ3n) is 9.76. The number of carbonyl (C=O) groups excluding carboxylic acids is 3. The first-order valence-corrected chi connectivity index (χ1v) is 15.7. The lowest BCUT2D eigenvalue weighted by Crippen LogP contribution is -2.56. The monoisotopic (exact) mass is 603 g/mol. The van der Waals surface area contributed by atoms with Crippen molar-refractivity contribution in [2.24, 2.45) is 34.6 Å². The Morgan fingerprint density at radius 2 is 1.40 bits per heavy atom. The van der Waals surface area contributed by atoms with Crippen LogP contribution in [0.1, 0.15) is 83.5 Å². The van der Waals surface area contributed by atoms with Gasteiger partial charge in [0.15, 0.2) is 11.9 Å². The quantitative estimate of drug-likeness (QED) is 0.0703. The van der Waals surface area contributed by atoms with Crippen molar-refractivity contribution in [1.82, 2.24) is 26.2 Å². The van der Waals surface area contributed by atoms with Gasteiger partial charge in [-0.25, -0.2) is 4.79 Å². The number of rotatable bonds is 15. The smallest absolute Gasteiger partial charge is 0.326 e. The highest BCUT2D eigenvalue weighted by molar-refractivity contribution is 5.93. The minimum Gasteiger partial charge on any atom is -0.480 e. The van der Waals surface area contributed by atoms with E-state index in [9.17, 15) is 24.3 Å². The van der Waals surface area contributed by atoms with Gasteiger partial charge in [-0.2, -0.15) is 0 Å². The van der Waals surface area contributed by atoms with Gasteiger partial charge in [0.05, 0.1) is 0 Å². The van der Waals surface area contributed by atoms with Crippen molar-refractivity contribution in [2.45, 2.75) is 102 Å². The summed E-state index contributed by atoms with van der Waals surface area (Å²) in [5.74, 6) is -0.541. The van der Waals surface area contributed by atoms with E-state index in [0.717, 1.165) is 19.3 Å². The summed E-state index contributed by atoms with van der Waals surface area (Å²) in [5, 5.41) is 35.5. The van der Waals surface area contributed by atoms with Crippen LogP contribution >= 0.6 is 0 Å². The van der Waals surface area contributed by atoms with Crippen LogP contribution < -0.4 is 32.7 Å². The number of amides is 3. The molecule has 0 aromatic rings. The van der Waals surface area contributed by atoms with Crippen LogP contribution in [-0.4, -0.2) is 83.4 Å². The fourth-order valence-corrected chi connectivity index (χ4v) is 8.44. The van der Waals surface area contributed by atoms with Gasteiger partial charge in [0.1, 0.15) is 18.1 Å². The second-order valence-electron chi connectivity index (χ2n) is 13.3. The maximum Gasteiger partial charge on any atom is 0.326 e. The number of hydrogen-bond acceptors (Lipinski definition) is 6. The first kappa shape index (κ1) is 32.3. The summed E-state index contributed by atoms with van der Waals surface area (Å²) >= 11 is 0. The van der Waals surface area contributed by atoms with Crippen molar-refractivity contribution >= 4 is 35.6 Å². The topological polar surface area (TPSA) is 240 Å². The van der Waals surface area contributed by atoms with Gasteiger partial charge in [-0.3, -0.25) is 25.2 Å². The number of likely N-dealkylation sites (tertiary alicyclic amines) is 1. The molecule has 0 aromatic carbocycles. The molecular weight excluding hydrogens is 554 g/mol. The van der Waals surface area contributed by atoms with Crippen molar-refractivity contribution in [3.05, 3.63) is 0 Å². The van der Waals surface area contributed by atoms with Crippen LogP contribution in [0.3, 0.4) is 0 Å². The summed E-state index contributed by atoms with van der Waals surface area (Å²) < 4.78 is 0. The minimum atomic E-state index is -1.08. The number of carboxylic acid groups (broad SMARTS) is 1. The van der Waals surface area contributed by atoms with Crippen molar-refractivity contribution in [3.63, 3.8) is 0 Å². The second kappa shape index (κ2) is 14.3. The van der Waals surface area contributed by atoms with E-state index in [2.05, 4.69) is 21.3 Å². The van der Waals surface area contributed by atoms with E-state index in [-0.39, 0.29) is 42.6 Å². The predicted octanol–water partition coefficient (Wildman–Crippen LogP) is 0.165. The van der Waals surface area contributed by atoms with Crippen LogP contribution in [0.15, 0.2) is 0 Å². The molecular formula is C29H49N9O5. The number of carboxylic acids is 1. The van der Waals surface area contributed by atoms with Gasteiger partial charge >= 0.3 is 5.97 Å². The SMILES string of the molecule is N=C(N)NCCC[C@H](NC(=O)CC12CC3CC(CC(C3)C1)C2)C(=O)N[C@@H](CCCNC(=N)N)C(=O)N1CCC[C@H]1C(=O)O. The molecule has 5 rings (SSSR count). The molecule has 240 valence electrons. The molecule has 3 amide bonds. The highest BCUT2D eigenvalue weighted by Crippen LogP contribution is 2.61. The maximum atomic E-state index is 13.7. The van der Waals surface area contributed by atoms with Crippen molar-refractivity contribution < 1.29 is 24.3 Å². The molecule has 4 saturated carbocycles. The summed E-state index contributed by atoms with van der Waals surface area (Å²) in [5.41, 5.74) is 10.8. The van der Waals surface area contributed by atoms with Crippen molar-refractivity contribution in [3.8, 4) is 0 Å². The number of nitrogens with zero attached hydrogens (tertiary/aromatic N) is 1. The van der Waals surface area contributed by atoms with E-state index in [1.807, 2.05) is 0 Å². The van der Waals surface area contributed by atoms with E-state index in [0.29, 0.717) is 62.9 Å². The fourth-order valence-electron chi connectivity index (χ4n) is 8.44.